The summed E-state index contributed by atoms with van der Waals surface area (Å²) in [6.07, 6.45) is 0. The Morgan fingerprint density at radius 1 is 1.59 bits per heavy atom. The van der Waals surface area contributed by atoms with Crippen LogP contribution in [-0.4, -0.2) is 28.4 Å². The zero-order valence-electron chi connectivity index (χ0n) is 8.98. The van der Waals surface area contributed by atoms with Gasteiger partial charge in [0.1, 0.15) is 0 Å². The number of carbonyl (C=O) groups excluding carboxylic acids is 1. The van der Waals surface area contributed by atoms with Crippen LogP contribution in [0.25, 0.3) is 10.9 Å². The highest BCUT2D eigenvalue weighted by Gasteiger charge is 2.17. The number of aromatic amines is 1. The van der Waals surface area contributed by atoms with Gasteiger partial charge < -0.3 is 15.8 Å². The number of nitrogens with zero attached hydrogens (tertiary/aromatic N) is 1. The molecule has 0 unspecified atom stereocenters. The van der Waals surface area contributed by atoms with Gasteiger partial charge in [-0.2, -0.15) is 5.10 Å². The van der Waals surface area contributed by atoms with Crippen molar-refractivity contribution < 1.29 is 9.53 Å². The second-order valence-electron chi connectivity index (χ2n) is 3.28. The minimum absolute atomic E-state index is 0.120. The molecule has 0 aliphatic heterocycles. The largest absolute Gasteiger partial charge is 0.464 e. The van der Waals surface area contributed by atoms with Crippen LogP contribution in [0.2, 0.25) is 0 Å². The number of fused-ring (bicyclic) bond motifs is 1. The Morgan fingerprint density at radius 2 is 2.35 bits per heavy atom. The van der Waals surface area contributed by atoms with Crippen LogP contribution in [0.5, 0.6) is 0 Å². The second kappa shape index (κ2) is 4.38. The van der Waals surface area contributed by atoms with Crippen LogP contribution in [-0.2, 0) is 4.74 Å². The quantitative estimate of drug-likeness (QED) is 0.544. The van der Waals surface area contributed by atoms with E-state index in [4.69, 9.17) is 18.0 Å². The van der Waals surface area contributed by atoms with Gasteiger partial charge in [-0.15, -0.1) is 0 Å². The lowest BCUT2D eigenvalue weighted by Gasteiger charge is -2.05. The van der Waals surface area contributed by atoms with E-state index in [1.165, 1.54) is 7.11 Å². The van der Waals surface area contributed by atoms with Crippen molar-refractivity contribution in [2.75, 3.05) is 12.4 Å². The third kappa shape index (κ3) is 2.04. The smallest absolute Gasteiger partial charge is 0.359 e. The van der Waals surface area contributed by atoms with Gasteiger partial charge in [0.05, 0.1) is 23.7 Å². The maximum absolute atomic E-state index is 11.5. The number of nitrogens with two attached hydrogens (primary N) is 1. The molecule has 0 atom stereocenters. The molecule has 2 aromatic rings. The van der Waals surface area contributed by atoms with Crippen LogP contribution in [0.15, 0.2) is 18.2 Å². The fourth-order valence-electron chi connectivity index (χ4n) is 1.55. The Balaban J connectivity index is 2.63. The molecule has 0 aliphatic rings. The molecule has 17 heavy (non-hydrogen) atoms. The Hall–Kier alpha value is -2.15. The van der Waals surface area contributed by atoms with Crippen LogP contribution in [0.4, 0.5) is 5.69 Å². The number of carbonyl (C=O) groups is 1. The number of H-pyrrole nitrogens is 1. The van der Waals surface area contributed by atoms with Gasteiger partial charge in [-0.25, -0.2) is 4.79 Å². The second-order valence-corrected chi connectivity index (χ2v) is 3.72. The van der Waals surface area contributed by atoms with Crippen molar-refractivity contribution in [3.8, 4) is 0 Å². The minimum Gasteiger partial charge on any atom is -0.464 e. The molecular weight excluding hydrogens is 240 g/mol. The fourth-order valence-corrected chi connectivity index (χ4v) is 1.66. The third-order valence-electron chi connectivity index (χ3n) is 2.23. The van der Waals surface area contributed by atoms with E-state index in [1.807, 2.05) is 0 Å². The number of methoxy groups -OCH3 is 1. The highest BCUT2D eigenvalue weighted by molar-refractivity contribution is 7.80. The first-order valence-electron chi connectivity index (χ1n) is 4.75. The SMILES string of the molecule is COC(=O)c1n[nH]c2cccc(NC(N)=S)c12. The molecule has 1 aromatic heterocycles. The summed E-state index contributed by atoms with van der Waals surface area (Å²) in [4.78, 5) is 11.5. The highest BCUT2D eigenvalue weighted by Crippen LogP contribution is 2.25. The van der Waals surface area contributed by atoms with E-state index in [0.29, 0.717) is 16.6 Å². The molecule has 0 radical (unpaired) electrons. The van der Waals surface area contributed by atoms with E-state index in [1.54, 1.807) is 18.2 Å². The molecule has 6 nitrogen and oxygen atoms in total. The summed E-state index contributed by atoms with van der Waals surface area (Å²) >= 11 is 4.77. The standard InChI is InChI=1S/C10H10N4O2S/c1-16-9(15)8-7-5(12-10(11)17)3-2-4-6(7)13-14-8/h2-4H,1H3,(H,13,14)(H3,11,12,17). The molecule has 0 amide bonds. The fraction of sp³-hybridized carbons (Fsp3) is 0.100. The van der Waals surface area contributed by atoms with Crippen LogP contribution >= 0.6 is 12.2 Å². The summed E-state index contributed by atoms with van der Waals surface area (Å²) in [7, 11) is 1.30. The lowest BCUT2D eigenvalue weighted by molar-refractivity contribution is 0.0596. The first kappa shape index (κ1) is 11.3. The summed E-state index contributed by atoms with van der Waals surface area (Å²) in [5.41, 5.74) is 6.93. The molecule has 0 bridgehead atoms. The Kier molecular flexibility index (Phi) is 2.92. The number of nitrogens with one attached hydrogen (secondary N) is 2. The van der Waals surface area contributed by atoms with Gasteiger partial charge >= 0.3 is 5.97 Å². The molecule has 0 spiro atoms. The lowest BCUT2D eigenvalue weighted by atomic mass is 10.1. The van der Waals surface area contributed by atoms with Gasteiger partial charge in [0.15, 0.2) is 10.8 Å². The normalized spacial score (nSPS) is 10.2. The summed E-state index contributed by atoms with van der Waals surface area (Å²) in [6.45, 7) is 0. The van der Waals surface area contributed by atoms with E-state index in [9.17, 15) is 4.79 Å². The zero-order valence-corrected chi connectivity index (χ0v) is 9.80. The van der Waals surface area contributed by atoms with E-state index >= 15 is 0 Å². The monoisotopic (exact) mass is 250 g/mol. The number of aromatic nitrogens is 2. The Morgan fingerprint density at radius 3 is 3.00 bits per heavy atom. The van der Waals surface area contributed by atoms with E-state index in [2.05, 4.69) is 20.3 Å². The van der Waals surface area contributed by atoms with E-state index < -0.39 is 5.97 Å². The molecule has 4 N–H and O–H groups in total. The van der Waals surface area contributed by atoms with Crippen molar-refractivity contribution >= 4 is 39.9 Å². The predicted octanol–water partition coefficient (Wildman–Crippen LogP) is 1.00. The molecule has 1 aromatic carbocycles. The number of rotatable bonds is 2. The Bertz CT molecular complexity index is 593. The van der Waals surface area contributed by atoms with Gasteiger partial charge in [0, 0.05) is 0 Å². The van der Waals surface area contributed by atoms with Gasteiger partial charge in [0.25, 0.3) is 0 Å². The summed E-state index contributed by atoms with van der Waals surface area (Å²) < 4.78 is 4.65. The van der Waals surface area contributed by atoms with Crippen molar-refractivity contribution in [3.05, 3.63) is 23.9 Å². The average Bonchev–Trinajstić information content (AvgIpc) is 2.72. The first-order valence-corrected chi connectivity index (χ1v) is 5.16. The topological polar surface area (TPSA) is 93.0 Å². The van der Waals surface area contributed by atoms with Crippen LogP contribution in [0, 0.1) is 0 Å². The number of thiocarbonyl (C=S) groups is 1. The Labute approximate surface area is 102 Å². The van der Waals surface area contributed by atoms with Gasteiger partial charge in [-0.05, 0) is 24.4 Å². The van der Waals surface area contributed by atoms with E-state index in [0.717, 1.165) is 0 Å². The molecule has 1 heterocycles. The molecule has 2 rings (SSSR count). The molecule has 88 valence electrons. The first-order chi connectivity index (χ1) is 8.13. The summed E-state index contributed by atoms with van der Waals surface area (Å²) in [6, 6.07) is 5.34. The molecule has 0 saturated carbocycles. The number of anilines is 1. The van der Waals surface area contributed by atoms with Crippen LogP contribution < -0.4 is 11.1 Å². The molecule has 0 aliphatic carbocycles. The van der Waals surface area contributed by atoms with Crippen molar-refractivity contribution in [2.24, 2.45) is 5.73 Å². The molecule has 0 fully saturated rings. The number of benzene rings is 1. The van der Waals surface area contributed by atoms with Crippen molar-refractivity contribution in [1.29, 1.82) is 0 Å². The number of esters is 1. The van der Waals surface area contributed by atoms with Gasteiger partial charge in [-0.1, -0.05) is 6.07 Å². The van der Waals surface area contributed by atoms with Crippen molar-refractivity contribution in [2.45, 2.75) is 0 Å². The van der Waals surface area contributed by atoms with E-state index in [-0.39, 0.29) is 10.8 Å². The minimum atomic E-state index is -0.520. The summed E-state index contributed by atoms with van der Waals surface area (Å²) in [5.74, 6) is -0.520. The summed E-state index contributed by atoms with van der Waals surface area (Å²) in [5, 5.41) is 10.2. The molecule has 0 saturated heterocycles. The maximum Gasteiger partial charge on any atom is 0.359 e. The predicted molar refractivity (Wildman–Crippen MR) is 67.8 cm³/mol. The molecular formula is C10H10N4O2S. The number of hydrogen-bond donors (Lipinski definition) is 3. The van der Waals surface area contributed by atoms with Gasteiger partial charge in [0.2, 0.25) is 0 Å². The van der Waals surface area contributed by atoms with Gasteiger partial charge in [-0.3, -0.25) is 5.10 Å². The maximum atomic E-state index is 11.5. The highest BCUT2D eigenvalue weighted by atomic mass is 32.1. The zero-order chi connectivity index (χ0) is 12.4. The number of ether oxygens (including phenoxy) is 1. The lowest BCUT2D eigenvalue weighted by Crippen LogP contribution is -2.19. The van der Waals surface area contributed by atoms with Crippen molar-refractivity contribution in [1.82, 2.24) is 10.2 Å². The molecule has 7 heteroatoms. The average molecular weight is 250 g/mol. The van der Waals surface area contributed by atoms with Crippen LogP contribution in [0.3, 0.4) is 0 Å². The third-order valence-corrected chi connectivity index (χ3v) is 2.33. The van der Waals surface area contributed by atoms with Crippen molar-refractivity contribution in [3.63, 3.8) is 0 Å². The van der Waals surface area contributed by atoms with Crippen LogP contribution in [0.1, 0.15) is 10.5 Å². The number of hydrogen-bond acceptors (Lipinski definition) is 4.